The van der Waals surface area contributed by atoms with Crippen LogP contribution in [0.25, 0.3) is 0 Å². The molecule has 0 aromatic heterocycles. The van der Waals surface area contributed by atoms with Gasteiger partial charge >= 0.3 is 10.5 Å². The molecule has 3 heteroatoms. The molecule has 3 radical (unpaired) electrons. The predicted molar refractivity (Wildman–Crippen MR) is 24.8 cm³/mol. The van der Waals surface area contributed by atoms with Gasteiger partial charge in [-0.25, -0.2) is 0 Å². The molecule has 0 bridgehead atoms. The largest absolute Gasteiger partial charge is 0.529 e. The minimum Gasteiger partial charge on any atom is -0.529 e. The van der Waals surface area contributed by atoms with E-state index in [9.17, 15) is 0 Å². The van der Waals surface area contributed by atoms with Crippen LogP contribution in [0.4, 0.5) is 0 Å². The second-order valence-electron chi connectivity index (χ2n) is 0.793. The lowest BCUT2D eigenvalue weighted by atomic mass is 10.7. The molecular weight excluding hydrogens is 94.1 g/mol. The van der Waals surface area contributed by atoms with E-state index in [1.807, 2.05) is 0 Å². The summed E-state index contributed by atoms with van der Waals surface area (Å²) < 4.78 is 4.34. The quantitative estimate of drug-likeness (QED) is 0.369. The molecule has 0 aliphatic rings. The van der Waals surface area contributed by atoms with Gasteiger partial charge in [-0.1, -0.05) is 0 Å². The molecule has 0 aromatic rings. The van der Waals surface area contributed by atoms with Gasteiger partial charge in [0.1, 0.15) is 0 Å². The smallest absolute Gasteiger partial charge is 0.343 e. The van der Waals surface area contributed by atoms with Gasteiger partial charge in [-0.15, -0.1) is 0 Å². The summed E-state index contributed by atoms with van der Waals surface area (Å²) in [6, 6.07) is 0. The molecular formula is C3H6NOSi. The number of hydrogen-bond donors (Lipinski definition) is 1. The Kier molecular flexibility index (Phi) is 2.57. The molecule has 0 amide bonds. The molecule has 0 atom stereocenters. The van der Waals surface area contributed by atoms with Crippen LogP contribution in [0.5, 0.6) is 0 Å². The van der Waals surface area contributed by atoms with Crippen LogP contribution in [-0.2, 0) is 4.43 Å². The number of nitrogens with two attached hydrogens (primary N) is 1. The molecule has 2 N–H and O–H groups in total. The molecule has 0 spiro atoms. The summed E-state index contributed by atoms with van der Waals surface area (Å²) in [5, 5.41) is 0. The van der Waals surface area contributed by atoms with Crippen molar-refractivity contribution in [3.63, 3.8) is 0 Å². The zero-order chi connectivity index (χ0) is 4.99. The van der Waals surface area contributed by atoms with Crippen LogP contribution in [0.2, 0.25) is 0 Å². The monoisotopic (exact) mass is 100 g/mol. The maximum absolute atomic E-state index is 5.06. The molecule has 0 rings (SSSR count). The van der Waals surface area contributed by atoms with Crippen LogP contribution in [0, 0.1) is 0 Å². The third-order valence-corrected chi connectivity index (χ3v) is 0.638. The number of allylic oxidation sites excluding steroid dienone is 1. The van der Waals surface area contributed by atoms with Gasteiger partial charge < -0.3 is 10.2 Å². The first-order valence-corrected chi connectivity index (χ1v) is 1.97. The van der Waals surface area contributed by atoms with E-state index in [1.165, 1.54) is 0 Å². The first kappa shape index (κ1) is 5.56. The molecule has 0 aliphatic heterocycles. The molecule has 0 aromatic carbocycles. The summed E-state index contributed by atoms with van der Waals surface area (Å²) in [6.07, 6.45) is 1.65. The van der Waals surface area contributed by atoms with Crippen molar-refractivity contribution in [3.05, 3.63) is 12.0 Å². The van der Waals surface area contributed by atoms with Gasteiger partial charge in [-0.05, 0) is 13.0 Å². The van der Waals surface area contributed by atoms with Gasteiger partial charge in [-0.3, -0.25) is 0 Å². The molecule has 0 heterocycles. The van der Waals surface area contributed by atoms with Crippen LogP contribution in [0.1, 0.15) is 6.92 Å². The van der Waals surface area contributed by atoms with Crippen molar-refractivity contribution in [2.45, 2.75) is 6.92 Å². The molecule has 6 heavy (non-hydrogen) atoms. The Bertz CT molecular complexity index is 61.8. The van der Waals surface area contributed by atoms with E-state index in [0.717, 1.165) is 0 Å². The highest BCUT2D eigenvalue weighted by Crippen LogP contribution is 1.76. The lowest BCUT2D eigenvalue weighted by Crippen LogP contribution is -1.97. The first-order chi connectivity index (χ1) is 2.81. The standard InChI is InChI=1S/C3H6NOSi/c1-2-3(4)5-6/h2H,4H2,1H3/b3-2+. The lowest BCUT2D eigenvalue weighted by Gasteiger charge is -1.91. The zero-order valence-corrected chi connectivity index (χ0v) is 4.56. The summed E-state index contributed by atoms with van der Waals surface area (Å²) in [6.45, 7) is 1.79. The Hall–Kier alpha value is -0.443. The van der Waals surface area contributed by atoms with E-state index < -0.39 is 0 Å². The fourth-order valence-corrected chi connectivity index (χ4v) is 0.177. The SMILES string of the molecule is C/C=C(\N)O[Si]. The summed E-state index contributed by atoms with van der Waals surface area (Å²) >= 11 is 0. The molecule has 0 unspecified atom stereocenters. The van der Waals surface area contributed by atoms with Crippen LogP contribution < -0.4 is 5.73 Å². The van der Waals surface area contributed by atoms with E-state index in [2.05, 4.69) is 14.9 Å². The van der Waals surface area contributed by atoms with Crippen LogP contribution in [0.3, 0.4) is 0 Å². The number of hydrogen-bond acceptors (Lipinski definition) is 2. The molecule has 0 saturated carbocycles. The van der Waals surface area contributed by atoms with E-state index in [0.29, 0.717) is 5.88 Å². The van der Waals surface area contributed by atoms with Crippen molar-refractivity contribution in [1.29, 1.82) is 0 Å². The van der Waals surface area contributed by atoms with Crippen LogP contribution in [0.15, 0.2) is 12.0 Å². The summed E-state index contributed by atoms with van der Waals surface area (Å²) in [4.78, 5) is 0. The van der Waals surface area contributed by atoms with Crippen LogP contribution >= 0.6 is 0 Å². The average molecular weight is 100 g/mol. The van der Waals surface area contributed by atoms with Crippen molar-refractivity contribution >= 4 is 10.5 Å². The Morgan fingerprint density at radius 3 is 2.50 bits per heavy atom. The van der Waals surface area contributed by atoms with Crippen LogP contribution in [-0.4, -0.2) is 10.5 Å². The highest BCUT2D eigenvalue weighted by Gasteiger charge is 1.72. The molecule has 33 valence electrons. The normalized spacial score (nSPS) is 11.3. The second-order valence-corrected chi connectivity index (χ2v) is 0.997. The highest BCUT2D eigenvalue weighted by molar-refractivity contribution is 5.98. The maximum atomic E-state index is 5.06. The highest BCUT2D eigenvalue weighted by atomic mass is 28.2. The van der Waals surface area contributed by atoms with Gasteiger partial charge in [-0.2, -0.15) is 0 Å². The van der Waals surface area contributed by atoms with Gasteiger partial charge in [0.05, 0.1) is 0 Å². The van der Waals surface area contributed by atoms with E-state index >= 15 is 0 Å². The van der Waals surface area contributed by atoms with Crippen molar-refractivity contribution < 1.29 is 4.43 Å². The van der Waals surface area contributed by atoms with E-state index in [4.69, 9.17) is 5.73 Å². The van der Waals surface area contributed by atoms with Gasteiger partial charge in [0.25, 0.3) is 0 Å². The fourth-order valence-electron chi connectivity index (χ4n) is 0.0589. The lowest BCUT2D eigenvalue weighted by molar-refractivity contribution is 0.462. The van der Waals surface area contributed by atoms with Gasteiger partial charge in [0.15, 0.2) is 5.88 Å². The topological polar surface area (TPSA) is 35.2 Å². The summed E-state index contributed by atoms with van der Waals surface area (Å²) in [7, 11) is 2.72. The third-order valence-electron chi connectivity index (χ3n) is 0.402. The Labute approximate surface area is 40.5 Å². The Balaban J connectivity index is 3.22. The third kappa shape index (κ3) is 1.84. The van der Waals surface area contributed by atoms with Gasteiger partial charge in [0.2, 0.25) is 0 Å². The van der Waals surface area contributed by atoms with Crippen molar-refractivity contribution in [2.75, 3.05) is 0 Å². The fraction of sp³-hybridized carbons (Fsp3) is 0.333. The molecule has 2 nitrogen and oxygen atoms in total. The Morgan fingerprint density at radius 1 is 2.00 bits per heavy atom. The minimum atomic E-state index is 0.381. The minimum absolute atomic E-state index is 0.381. The predicted octanol–water partition coefficient (Wildman–Crippen LogP) is -0.0935. The molecule has 0 fully saturated rings. The van der Waals surface area contributed by atoms with Crippen molar-refractivity contribution in [1.82, 2.24) is 0 Å². The molecule has 0 aliphatic carbocycles. The van der Waals surface area contributed by atoms with E-state index in [1.54, 1.807) is 13.0 Å². The van der Waals surface area contributed by atoms with Crippen molar-refractivity contribution in [3.8, 4) is 0 Å². The second kappa shape index (κ2) is 2.78. The maximum Gasteiger partial charge on any atom is 0.343 e. The van der Waals surface area contributed by atoms with Gasteiger partial charge in [0, 0.05) is 0 Å². The summed E-state index contributed by atoms with van der Waals surface area (Å²) in [5.41, 5.74) is 5.06. The van der Waals surface area contributed by atoms with E-state index in [-0.39, 0.29) is 0 Å². The Morgan fingerprint density at radius 2 is 2.50 bits per heavy atom. The molecule has 0 saturated heterocycles. The van der Waals surface area contributed by atoms with Crippen molar-refractivity contribution in [2.24, 2.45) is 5.73 Å². The number of rotatable bonds is 1. The average Bonchev–Trinajstić information content (AvgIpc) is 1.65. The zero-order valence-electron chi connectivity index (χ0n) is 3.56. The summed E-state index contributed by atoms with van der Waals surface area (Å²) in [5.74, 6) is 0.381. The first-order valence-electron chi connectivity index (χ1n) is 1.56.